The second kappa shape index (κ2) is 7.23. The molecule has 6 fully saturated rings. The van der Waals surface area contributed by atoms with Crippen molar-refractivity contribution in [1.29, 1.82) is 0 Å². The number of rotatable bonds is 7. The van der Waals surface area contributed by atoms with Crippen LogP contribution >= 0.6 is 0 Å². The average Bonchev–Trinajstić information content (AvgIpc) is 3.59. The van der Waals surface area contributed by atoms with Crippen LogP contribution in [-0.2, 0) is 20.3 Å². The van der Waals surface area contributed by atoms with Gasteiger partial charge in [-0.3, -0.25) is 0 Å². The Morgan fingerprint density at radius 3 is 1.81 bits per heavy atom. The highest BCUT2D eigenvalue weighted by Crippen LogP contribution is 2.66. The molecule has 0 N–H and O–H groups in total. The second-order valence-electron chi connectivity index (χ2n) is 11.1. The van der Waals surface area contributed by atoms with E-state index >= 15 is 0 Å². The highest BCUT2D eigenvalue weighted by molar-refractivity contribution is 5.41. The standard InChI is InChI=1S/C28H32O4/c1-5-23(30-16-25-17-31-25)6-2-21(1)27-10-19-9-20(11-27)13-28(12-19,18-27)22-3-7-24(8-4-22)32-26-14-29-15-26/h1-8,19-20,25-26H,9-18H2. The van der Waals surface area contributed by atoms with E-state index in [4.69, 9.17) is 18.9 Å². The average molecular weight is 433 g/mol. The fourth-order valence-electron chi connectivity index (χ4n) is 7.56. The van der Waals surface area contributed by atoms with Crippen LogP contribution < -0.4 is 9.47 Å². The maximum absolute atomic E-state index is 6.02. The number of hydrogen-bond acceptors (Lipinski definition) is 4. The molecule has 2 aromatic carbocycles. The quantitative estimate of drug-likeness (QED) is 0.575. The van der Waals surface area contributed by atoms with Crippen LogP contribution in [0.2, 0.25) is 0 Å². The minimum Gasteiger partial charge on any atom is -0.491 e. The molecule has 4 bridgehead atoms. The Balaban J connectivity index is 1.14. The fraction of sp³-hybridized carbons (Fsp3) is 0.571. The molecule has 0 aromatic heterocycles. The second-order valence-corrected chi connectivity index (χ2v) is 11.1. The molecule has 0 radical (unpaired) electrons. The van der Waals surface area contributed by atoms with E-state index < -0.39 is 0 Å². The van der Waals surface area contributed by atoms with Crippen molar-refractivity contribution in [2.45, 2.75) is 61.6 Å². The molecule has 3 atom stereocenters. The van der Waals surface area contributed by atoms with E-state index in [-0.39, 0.29) is 6.10 Å². The van der Waals surface area contributed by atoms with Crippen LogP contribution in [0.4, 0.5) is 0 Å². The smallest absolute Gasteiger partial charge is 0.145 e. The third-order valence-corrected chi connectivity index (χ3v) is 8.74. The first-order chi connectivity index (χ1) is 15.7. The molecule has 2 aromatic rings. The Bertz CT molecular complexity index is 959. The molecule has 3 unspecified atom stereocenters. The maximum Gasteiger partial charge on any atom is 0.145 e. The summed E-state index contributed by atoms with van der Waals surface area (Å²) in [4.78, 5) is 0. The molecule has 2 aliphatic heterocycles. The fourth-order valence-corrected chi connectivity index (χ4v) is 7.56. The van der Waals surface area contributed by atoms with Crippen molar-refractivity contribution in [3.8, 4) is 11.5 Å². The summed E-state index contributed by atoms with van der Waals surface area (Å²) < 4.78 is 22.4. The van der Waals surface area contributed by atoms with Crippen molar-refractivity contribution >= 4 is 0 Å². The van der Waals surface area contributed by atoms with Crippen molar-refractivity contribution < 1.29 is 18.9 Å². The number of benzene rings is 2. The normalized spacial score (nSPS) is 37.2. The predicted molar refractivity (Wildman–Crippen MR) is 121 cm³/mol. The summed E-state index contributed by atoms with van der Waals surface area (Å²) in [6.45, 7) is 2.95. The lowest BCUT2D eigenvalue weighted by molar-refractivity contribution is -0.0797. The Hall–Kier alpha value is -2.04. The van der Waals surface area contributed by atoms with Crippen molar-refractivity contribution in [2.75, 3.05) is 26.4 Å². The van der Waals surface area contributed by atoms with Gasteiger partial charge in [0, 0.05) is 0 Å². The molecule has 4 aliphatic carbocycles. The molecule has 32 heavy (non-hydrogen) atoms. The zero-order valence-electron chi connectivity index (χ0n) is 18.6. The molecule has 2 saturated heterocycles. The van der Waals surface area contributed by atoms with Crippen LogP contribution in [-0.4, -0.2) is 38.6 Å². The van der Waals surface area contributed by atoms with Gasteiger partial charge < -0.3 is 18.9 Å². The molecule has 8 rings (SSSR count). The van der Waals surface area contributed by atoms with Gasteiger partial charge in [0.2, 0.25) is 0 Å². The van der Waals surface area contributed by atoms with E-state index in [9.17, 15) is 0 Å². The summed E-state index contributed by atoms with van der Waals surface area (Å²) in [5.41, 5.74) is 3.69. The van der Waals surface area contributed by atoms with Crippen LogP contribution in [0.5, 0.6) is 11.5 Å². The Morgan fingerprint density at radius 1 is 0.750 bits per heavy atom. The highest BCUT2D eigenvalue weighted by atomic mass is 16.6. The van der Waals surface area contributed by atoms with Crippen molar-refractivity contribution in [1.82, 2.24) is 0 Å². The van der Waals surface area contributed by atoms with Gasteiger partial charge >= 0.3 is 0 Å². The van der Waals surface area contributed by atoms with Crippen molar-refractivity contribution in [3.63, 3.8) is 0 Å². The minimum atomic E-state index is 0.229. The topological polar surface area (TPSA) is 40.2 Å². The number of epoxide rings is 1. The molecule has 6 aliphatic rings. The van der Waals surface area contributed by atoms with Gasteiger partial charge in [0.05, 0.1) is 19.8 Å². The lowest BCUT2D eigenvalue weighted by Gasteiger charge is -2.62. The molecular weight excluding hydrogens is 400 g/mol. The van der Waals surface area contributed by atoms with Crippen LogP contribution in [0, 0.1) is 11.8 Å². The van der Waals surface area contributed by atoms with E-state index in [1.165, 1.54) is 49.7 Å². The molecule has 2 heterocycles. The third kappa shape index (κ3) is 3.34. The van der Waals surface area contributed by atoms with E-state index in [2.05, 4.69) is 48.5 Å². The van der Waals surface area contributed by atoms with Crippen molar-refractivity contribution in [2.24, 2.45) is 11.8 Å². The minimum absolute atomic E-state index is 0.229. The molecule has 4 saturated carbocycles. The monoisotopic (exact) mass is 432 g/mol. The summed E-state index contributed by atoms with van der Waals surface area (Å²) in [7, 11) is 0. The molecule has 4 nitrogen and oxygen atoms in total. The number of hydrogen-bond donors (Lipinski definition) is 0. The molecule has 4 heteroatoms. The Labute approximate surface area is 190 Å². The molecule has 168 valence electrons. The van der Waals surface area contributed by atoms with Gasteiger partial charge in [-0.25, -0.2) is 0 Å². The lowest BCUT2D eigenvalue weighted by Crippen LogP contribution is -2.55. The van der Waals surface area contributed by atoms with E-state index in [0.29, 0.717) is 23.5 Å². The summed E-state index contributed by atoms with van der Waals surface area (Å²) >= 11 is 0. The van der Waals surface area contributed by atoms with Gasteiger partial charge in [-0.15, -0.1) is 0 Å². The SMILES string of the molecule is c1cc(C23CC4CC(C2)CC(c2ccc(OC5COC5)cc2)(C4)C3)ccc1OCC1CO1. The van der Waals surface area contributed by atoms with Gasteiger partial charge in [0.25, 0.3) is 0 Å². The maximum atomic E-state index is 6.02. The van der Waals surface area contributed by atoms with Gasteiger partial charge in [-0.2, -0.15) is 0 Å². The van der Waals surface area contributed by atoms with Crippen LogP contribution in [0.15, 0.2) is 48.5 Å². The van der Waals surface area contributed by atoms with Gasteiger partial charge in [-0.05, 0) is 96.6 Å². The lowest BCUT2D eigenvalue weighted by atomic mass is 9.42. The summed E-state index contributed by atoms with van der Waals surface area (Å²) in [5.74, 6) is 3.65. The number of ether oxygens (including phenoxy) is 4. The molecule has 0 spiro atoms. The van der Waals surface area contributed by atoms with E-state index in [1.807, 2.05) is 0 Å². The van der Waals surface area contributed by atoms with Crippen LogP contribution in [0.3, 0.4) is 0 Å². The Morgan fingerprint density at radius 2 is 1.31 bits per heavy atom. The van der Waals surface area contributed by atoms with Crippen molar-refractivity contribution in [3.05, 3.63) is 59.7 Å². The largest absolute Gasteiger partial charge is 0.491 e. The summed E-state index contributed by atoms with van der Waals surface area (Å²) in [6.07, 6.45) is 8.64. The van der Waals surface area contributed by atoms with Crippen LogP contribution in [0.25, 0.3) is 0 Å². The first-order valence-corrected chi connectivity index (χ1v) is 12.4. The zero-order chi connectivity index (χ0) is 21.2. The zero-order valence-corrected chi connectivity index (χ0v) is 18.6. The predicted octanol–water partition coefficient (Wildman–Crippen LogP) is 5.03. The van der Waals surface area contributed by atoms with Crippen LogP contribution in [0.1, 0.15) is 49.7 Å². The highest BCUT2D eigenvalue weighted by Gasteiger charge is 2.58. The first-order valence-electron chi connectivity index (χ1n) is 12.4. The summed E-state index contributed by atoms with van der Waals surface area (Å²) in [5, 5.41) is 0. The Kier molecular flexibility index (Phi) is 4.39. The molecule has 0 amide bonds. The van der Waals surface area contributed by atoms with E-state index in [1.54, 1.807) is 0 Å². The summed E-state index contributed by atoms with van der Waals surface area (Å²) in [6, 6.07) is 18.1. The van der Waals surface area contributed by atoms with Gasteiger partial charge in [-0.1, -0.05) is 24.3 Å². The van der Waals surface area contributed by atoms with Gasteiger partial charge in [0.15, 0.2) is 0 Å². The molecular formula is C28H32O4. The third-order valence-electron chi connectivity index (χ3n) is 8.74. The van der Waals surface area contributed by atoms with Gasteiger partial charge in [0.1, 0.15) is 30.3 Å². The van der Waals surface area contributed by atoms with E-state index in [0.717, 1.165) is 43.2 Å². The first kappa shape index (κ1) is 19.4.